The molecule has 1 N–H and O–H groups in total. The van der Waals surface area contributed by atoms with Crippen LogP contribution in [-0.2, 0) is 0 Å². The molecule has 5 unspecified atom stereocenters. The Labute approximate surface area is 130 Å². The van der Waals surface area contributed by atoms with Gasteiger partial charge < -0.3 is 5.11 Å². The van der Waals surface area contributed by atoms with Gasteiger partial charge in [0.2, 0.25) is 0 Å². The van der Waals surface area contributed by atoms with Crippen LogP contribution in [0.2, 0.25) is 0 Å². The van der Waals surface area contributed by atoms with E-state index >= 15 is 0 Å². The second kappa shape index (κ2) is 6.67. The minimum atomic E-state index is 0.147. The Kier molecular flexibility index (Phi) is 5.33. The highest BCUT2D eigenvalue weighted by Crippen LogP contribution is 2.45. The molecule has 2 fully saturated rings. The molecule has 0 aromatic carbocycles. The van der Waals surface area contributed by atoms with E-state index in [2.05, 4.69) is 38.7 Å². The van der Waals surface area contributed by atoms with Gasteiger partial charge in [-0.3, -0.25) is 4.90 Å². The zero-order valence-corrected chi connectivity index (χ0v) is 14.2. The van der Waals surface area contributed by atoms with Gasteiger partial charge >= 0.3 is 0 Å². The van der Waals surface area contributed by atoms with Crippen molar-refractivity contribution in [3.05, 3.63) is 0 Å². The molecular formula is C18H32N2O. The Morgan fingerprint density at radius 1 is 1.29 bits per heavy atom. The second-order valence-corrected chi connectivity index (χ2v) is 7.91. The fourth-order valence-corrected chi connectivity index (χ4v) is 4.40. The lowest BCUT2D eigenvalue weighted by atomic mass is 9.66. The summed E-state index contributed by atoms with van der Waals surface area (Å²) < 4.78 is 0. The molecule has 1 aliphatic carbocycles. The number of hydrogen-bond acceptors (Lipinski definition) is 3. The molecule has 2 rings (SSSR count). The Balaban J connectivity index is 2.16. The maximum absolute atomic E-state index is 9.74. The lowest BCUT2D eigenvalue weighted by Crippen LogP contribution is -2.50. The van der Waals surface area contributed by atoms with Crippen LogP contribution in [0.5, 0.6) is 0 Å². The fourth-order valence-electron chi connectivity index (χ4n) is 4.40. The molecular weight excluding hydrogens is 260 g/mol. The summed E-state index contributed by atoms with van der Waals surface area (Å²) in [7, 11) is 0. The summed E-state index contributed by atoms with van der Waals surface area (Å²) in [4.78, 5) is 2.47. The van der Waals surface area contributed by atoms with E-state index in [1.54, 1.807) is 0 Å². The van der Waals surface area contributed by atoms with Gasteiger partial charge in [-0.15, -0.1) is 0 Å². The molecule has 0 amide bonds. The van der Waals surface area contributed by atoms with Crippen LogP contribution in [0.15, 0.2) is 0 Å². The van der Waals surface area contributed by atoms with Crippen molar-refractivity contribution in [3.8, 4) is 6.07 Å². The van der Waals surface area contributed by atoms with Crippen molar-refractivity contribution < 1.29 is 5.11 Å². The fraction of sp³-hybridized carbons (Fsp3) is 0.944. The summed E-state index contributed by atoms with van der Waals surface area (Å²) in [5, 5.41) is 19.3. The predicted octanol–water partition coefficient (Wildman–Crippen LogP) is 3.43. The van der Waals surface area contributed by atoms with Gasteiger partial charge in [0.1, 0.15) is 0 Å². The third-order valence-electron chi connectivity index (χ3n) is 6.54. The third-order valence-corrected chi connectivity index (χ3v) is 6.54. The zero-order chi connectivity index (χ0) is 15.6. The van der Waals surface area contributed by atoms with E-state index in [9.17, 15) is 10.4 Å². The highest BCUT2D eigenvalue weighted by molar-refractivity contribution is 5.02. The van der Waals surface area contributed by atoms with Crippen LogP contribution in [0.4, 0.5) is 0 Å². The van der Waals surface area contributed by atoms with Crippen molar-refractivity contribution in [2.45, 2.75) is 71.9 Å². The molecule has 5 atom stereocenters. The van der Waals surface area contributed by atoms with Crippen molar-refractivity contribution in [1.82, 2.24) is 4.90 Å². The van der Waals surface area contributed by atoms with Crippen molar-refractivity contribution in [2.24, 2.45) is 23.2 Å². The first-order valence-electron chi connectivity index (χ1n) is 8.70. The molecule has 2 aliphatic rings. The number of nitrogens with zero attached hydrogens (tertiary/aromatic N) is 2. The molecule has 120 valence electrons. The minimum absolute atomic E-state index is 0.147. The number of aliphatic hydroxyl groups is 1. The topological polar surface area (TPSA) is 47.3 Å². The molecule has 21 heavy (non-hydrogen) atoms. The van der Waals surface area contributed by atoms with Crippen LogP contribution in [-0.4, -0.2) is 35.2 Å². The molecule has 0 bridgehead atoms. The van der Waals surface area contributed by atoms with Crippen LogP contribution in [0.25, 0.3) is 0 Å². The van der Waals surface area contributed by atoms with Crippen LogP contribution >= 0.6 is 0 Å². The van der Waals surface area contributed by atoms with Crippen LogP contribution in [0, 0.1) is 34.5 Å². The third kappa shape index (κ3) is 3.27. The van der Waals surface area contributed by atoms with Gasteiger partial charge in [-0.2, -0.15) is 5.26 Å². The molecule has 0 aromatic rings. The van der Waals surface area contributed by atoms with Crippen LogP contribution in [0.3, 0.4) is 0 Å². The smallest absolute Gasteiger partial charge is 0.0672 e. The van der Waals surface area contributed by atoms with Gasteiger partial charge in [0.05, 0.1) is 18.6 Å². The van der Waals surface area contributed by atoms with Gasteiger partial charge in [-0.25, -0.2) is 0 Å². The van der Waals surface area contributed by atoms with E-state index in [1.807, 2.05) is 0 Å². The molecule has 3 heteroatoms. The molecule has 1 saturated carbocycles. The Bertz CT molecular complexity index is 387. The lowest BCUT2D eigenvalue weighted by molar-refractivity contribution is 0.0247. The molecule has 0 radical (unpaired) electrons. The van der Waals surface area contributed by atoms with Gasteiger partial charge in [0.15, 0.2) is 0 Å². The highest BCUT2D eigenvalue weighted by atomic mass is 16.3. The first kappa shape index (κ1) is 16.8. The first-order chi connectivity index (χ1) is 9.94. The zero-order valence-electron chi connectivity index (χ0n) is 14.2. The van der Waals surface area contributed by atoms with Crippen molar-refractivity contribution in [3.63, 3.8) is 0 Å². The number of rotatable bonds is 4. The standard InChI is InChI=1S/C18H32N2O/c1-5-18(3,4)15-7-6-14(11-19)16(10-15)20-9-8-13(2)17(20)12-21/h13-17,21H,5-10,12H2,1-4H3. The van der Waals surface area contributed by atoms with Crippen molar-refractivity contribution in [1.29, 1.82) is 5.26 Å². The van der Waals surface area contributed by atoms with E-state index in [0.29, 0.717) is 23.3 Å². The molecule has 3 nitrogen and oxygen atoms in total. The lowest BCUT2D eigenvalue weighted by Gasteiger charge is -2.46. The van der Waals surface area contributed by atoms with Gasteiger partial charge in [0.25, 0.3) is 0 Å². The summed E-state index contributed by atoms with van der Waals surface area (Å²) in [5.41, 5.74) is 0.360. The molecule has 0 aromatic heterocycles. The summed E-state index contributed by atoms with van der Waals surface area (Å²) in [6.07, 6.45) is 5.69. The molecule has 1 saturated heterocycles. The highest BCUT2D eigenvalue weighted by Gasteiger charge is 2.44. The van der Waals surface area contributed by atoms with E-state index in [4.69, 9.17) is 0 Å². The van der Waals surface area contributed by atoms with Crippen molar-refractivity contribution in [2.75, 3.05) is 13.2 Å². The molecule has 1 heterocycles. The Morgan fingerprint density at radius 2 is 2.00 bits per heavy atom. The Hall–Kier alpha value is -0.590. The number of nitriles is 1. The largest absolute Gasteiger partial charge is 0.395 e. The maximum atomic E-state index is 9.74. The van der Waals surface area contributed by atoms with E-state index in [0.717, 1.165) is 25.8 Å². The van der Waals surface area contributed by atoms with E-state index in [-0.39, 0.29) is 18.6 Å². The van der Waals surface area contributed by atoms with E-state index < -0.39 is 0 Å². The van der Waals surface area contributed by atoms with Crippen LogP contribution < -0.4 is 0 Å². The monoisotopic (exact) mass is 292 g/mol. The van der Waals surface area contributed by atoms with E-state index in [1.165, 1.54) is 12.8 Å². The van der Waals surface area contributed by atoms with Gasteiger partial charge in [-0.05, 0) is 49.5 Å². The summed E-state index contributed by atoms with van der Waals surface area (Å²) >= 11 is 0. The maximum Gasteiger partial charge on any atom is 0.0672 e. The number of likely N-dealkylation sites (tertiary alicyclic amines) is 1. The van der Waals surface area contributed by atoms with Gasteiger partial charge in [0, 0.05) is 12.1 Å². The minimum Gasteiger partial charge on any atom is -0.395 e. The molecule has 1 aliphatic heterocycles. The molecule has 0 spiro atoms. The normalized spacial score (nSPS) is 38.4. The Morgan fingerprint density at radius 3 is 2.57 bits per heavy atom. The first-order valence-corrected chi connectivity index (χ1v) is 8.70. The summed E-state index contributed by atoms with van der Waals surface area (Å²) in [6, 6.07) is 3.16. The number of aliphatic hydroxyl groups excluding tert-OH is 1. The quantitative estimate of drug-likeness (QED) is 0.863. The average molecular weight is 292 g/mol. The summed E-state index contributed by atoms with van der Waals surface area (Å²) in [5.74, 6) is 1.40. The average Bonchev–Trinajstić information content (AvgIpc) is 2.87. The van der Waals surface area contributed by atoms with Gasteiger partial charge in [-0.1, -0.05) is 34.1 Å². The van der Waals surface area contributed by atoms with Crippen molar-refractivity contribution >= 4 is 0 Å². The van der Waals surface area contributed by atoms with Crippen LogP contribution in [0.1, 0.15) is 59.8 Å². The SMILES string of the molecule is CCC(C)(C)C1CCC(C#N)C(N2CCC(C)C2CO)C1. The summed E-state index contributed by atoms with van der Waals surface area (Å²) in [6.45, 7) is 10.5. The predicted molar refractivity (Wildman–Crippen MR) is 85.7 cm³/mol. The number of hydrogen-bond donors (Lipinski definition) is 1. The second-order valence-electron chi connectivity index (χ2n) is 7.91.